The monoisotopic (exact) mass is 856 g/mol. The maximum absolute atomic E-state index is 13.4. The average Bonchev–Trinajstić information content (AvgIpc) is 3.70. The number of aliphatic hydroxyl groups is 5. The van der Waals surface area contributed by atoms with E-state index in [9.17, 15) is 58.8 Å². The Morgan fingerprint density at radius 3 is 2.33 bits per heavy atom. The number of hydrogen-bond donors (Lipinski definition) is 10. The summed E-state index contributed by atoms with van der Waals surface area (Å²) in [6.45, 7) is 3.83. The van der Waals surface area contributed by atoms with Crippen LogP contribution in [0.4, 0.5) is 22.9 Å². The Morgan fingerprint density at radius 2 is 1.66 bits per heavy atom. The van der Waals surface area contributed by atoms with Gasteiger partial charge in [0.25, 0.3) is 11.3 Å². The number of amidine groups is 2. The third-order valence-electron chi connectivity index (χ3n) is 9.37. The summed E-state index contributed by atoms with van der Waals surface area (Å²) in [5.41, 5.74) is -0.263. The fraction of sp³-hybridized carbons (Fsp3) is 0.484. The molecule has 314 valence electrons. The van der Waals surface area contributed by atoms with Gasteiger partial charge in [-0.05, 0) is 37.1 Å². The zero-order chi connectivity index (χ0) is 42.6. The molecule has 10 N–H and O–H groups in total. The number of ether oxygens (including phenoxy) is 1. The second-order valence-electron chi connectivity index (χ2n) is 13.8. The lowest BCUT2D eigenvalue weighted by Gasteiger charge is -2.40. The fourth-order valence-electron chi connectivity index (χ4n) is 6.27. The number of phosphoric ester groups is 2. The van der Waals surface area contributed by atoms with Crippen LogP contribution < -0.4 is 21.0 Å². The highest BCUT2D eigenvalue weighted by molar-refractivity contribution is 7.61. The molecule has 58 heavy (non-hydrogen) atoms. The summed E-state index contributed by atoms with van der Waals surface area (Å²) in [6, 6.07) is 3.24. The van der Waals surface area contributed by atoms with E-state index in [1.807, 2.05) is 0 Å². The highest BCUT2D eigenvalue weighted by atomic mass is 31.3. The summed E-state index contributed by atoms with van der Waals surface area (Å²) in [6.07, 6.45) is -10.4. The van der Waals surface area contributed by atoms with E-state index in [0.29, 0.717) is 5.56 Å². The fourth-order valence-corrected chi connectivity index (χ4v) is 8.37. The molecule has 0 radical (unpaired) electrons. The predicted molar refractivity (Wildman–Crippen MR) is 201 cm³/mol. The summed E-state index contributed by atoms with van der Waals surface area (Å²) >= 11 is 0. The minimum Gasteiger partial charge on any atom is -0.388 e. The molecule has 1 saturated heterocycles. The molecule has 9 atom stereocenters. The van der Waals surface area contributed by atoms with Gasteiger partial charge in [-0.1, -0.05) is 18.8 Å². The first-order valence-corrected chi connectivity index (χ1v) is 20.3. The Hall–Kier alpha value is -4.46. The molecular weight excluding hydrogens is 816 g/mol. The third-order valence-corrected chi connectivity index (χ3v) is 12.0. The molecule has 2 aromatic rings. The second-order valence-corrected chi connectivity index (χ2v) is 16.8. The molecule has 1 aromatic carbocycles. The Morgan fingerprint density at radius 1 is 1.00 bits per heavy atom. The first kappa shape index (κ1) is 43.1. The van der Waals surface area contributed by atoms with Crippen LogP contribution in [-0.4, -0.2) is 148 Å². The van der Waals surface area contributed by atoms with Crippen molar-refractivity contribution in [2.24, 2.45) is 20.9 Å². The number of aryl methyl sites for hydroxylation is 2. The number of anilines is 4. The summed E-state index contributed by atoms with van der Waals surface area (Å²) in [7, 11) is -11.1. The molecule has 25 nitrogen and oxygen atoms in total. The second kappa shape index (κ2) is 16.3. The standard InChI is InChI=1S/C31H39N9O16P2/c1-12(2)29(47)40-16-6-14(4)13(3)5-15(16)38(27-21(40)28(46)37-31(48)36-27)7-17(41)22(43)18(42)8-53-57(49,50)56-58(51,52)54-9-19-23(44)24(45)30(55-19)39-11-35-20-25(32)33-10-34-26(20)39/h5-6,10-12,17-19,22-24,30,32,41-45H,7-9H2,1-4H3,(H3-,36,37,46,48,49,50,51,52)/p+1. The van der Waals surface area contributed by atoms with Gasteiger partial charge in [-0.15, -0.1) is 4.99 Å². The van der Waals surface area contributed by atoms with Gasteiger partial charge < -0.3 is 45.0 Å². The maximum Gasteiger partial charge on any atom is 0.481 e. The van der Waals surface area contributed by atoms with Crippen molar-refractivity contribution in [1.29, 1.82) is 5.41 Å². The molecular formula is C31H40N9O16P2+. The van der Waals surface area contributed by atoms with Crippen molar-refractivity contribution in [2.75, 3.05) is 29.6 Å². The number of aromatic nitrogens is 2. The quantitative estimate of drug-likeness (QED) is 0.0736. The smallest absolute Gasteiger partial charge is 0.388 e. The lowest BCUT2D eigenvalue weighted by atomic mass is 10.0. The summed E-state index contributed by atoms with van der Waals surface area (Å²) in [5, 5.41) is 61.5. The molecule has 1 aromatic heterocycles. The van der Waals surface area contributed by atoms with Gasteiger partial charge in [0, 0.05) is 5.92 Å². The number of H-pyrrole nitrogens is 2. The van der Waals surface area contributed by atoms with Crippen molar-refractivity contribution in [1.82, 2.24) is 9.97 Å². The summed E-state index contributed by atoms with van der Waals surface area (Å²) < 4.78 is 45.6. The van der Waals surface area contributed by atoms with E-state index < -0.39 is 101 Å². The van der Waals surface area contributed by atoms with E-state index in [2.05, 4.69) is 33.8 Å². The third kappa shape index (κ3) is 8.49. The Labute approximate surface area is 326 Å². The van der Waals surface area contributed by atoms with E-state index in [1.54, 1.807) is 39.8 Å². The molecule has 1 amide bonds. The van der Waals surface area contributed by atoms with Gasteiger partial charge in [0.05, 0.1) is 31.1 Å². The van der Waals surface area contributed by atoms with Gasteiger partial charge in [0.15, 0.2) is 17.9 Å². The van der Waals surface area contributed by atoms with Crippen molar-refractivity contribution in [3.05, 3.63) is 44.1 Å². The van der Waals surface area contributed by atoms with Crippen LogP contribution in [0, 0.1) is 25.2 Å². The molecule has 27 heteroatoms. The Kier molecular flexibility index (Phi) is 12.1. The highest BCUT2D eigenvalue weighted by Crippen LogP contribution is 2.60. The lowest BCUT2D eigenvalue weighted by molar-refractivity contribution is -0.517. The molecule has 0 saturated carbocycles. The van der Waals surface area contributed by atoms with Crippen LogP contribution >= 0.6 is 15.6 Å². The van der Waals surface area contributed by atoms with Gasteiger partial charge in [-0.3, -0.25) is 38.9 Å². The number of aliphatic imine (C=N–C) groups is 3. The van der Waals surface area contributed by atoms with Crippen LogP contribution in [0.1, 0.15) is 25.0 Å². The normalized spacial score (nSPS) is 24.9. The van der Waals surface area contributed by atoms with Crippen LogP contribution in [0.3, 0.4) is 0 Å². The Bertz CT molecular complexity index is 2360. The number of phosphoric acid groups is 2. The number of hydrogen-bond acceptors (Lipinski definition) is 18. The molecule has 1 fully saturated rings. The van der Waals surface area contributed by atoms with Crippen molar-refractivity contribution < 1.29 is 71.9 Å². The van der Waals surface area contributed by atoms with Crippen molar-refractivity contribution in [3.8, 4) is 0 Å². The van der Waals surface area contributed by atoms with Crippen molar-refractivity contribution >= 4 is 74.5 Å². The predicted octanol–water partition coefficient (Wildman–Crippen LogP) is -1.85. The average molecular weight is 857 g/mol. The van der Waals surface area contributed by atoms with Crippen LogP contribution in [0.5, 0.6) is 0 Å². The topological polar surface area (TPSA) is 366 Å². The largest absolute Gasteiger partial charge is 0.481 e. The van der Waals surface area contributed by atoms with E-state index in [4.69, 9.17) is 14.7 Å². The number of fused-ring (bicyclic) bond motifs is 3. The minimum absolute atomic E-state index is 0.0537. The Balaban J connectivity index is 1.08. The van der Waals surface area contributed by atoms with Crippen LogP contribution in [0.25, 0.3) is 0 Å². The molecule has 4 aliphatic rings. The molecule has 9 unspecified atom stereocenters. The van der Waals surface area contributed by atoms with Crippen LogP contribution in [0.2, 0.25) is 0 Å². The zero-order valence-electron chi connectivity index (χ0n) is 30.9. The van der Waals surface area contributed by atoms with Crippen molar-refractivity contribution in [3.63, 3.8) is 0 Å². The molecule has 5 heterocycles. The van der Waals surface area contributed by atoms with Crippen LogP contribution in [0.15, 0.2) is 36.7 Å². The number of benzene rings is 1. The van der Waals surface area contributed by atoms with Gasteiger partial charge in [0.1, 0.15) is 42.4 Å². The number of amides is 1. The van der Waals surface area contributed by atoms with Gasteiger partial charge in [0.2, 0.25) is 18.5 Å². The van der Waals surface area contributed by atoms with Gasteiger partial charge in [-0.25, -0.2) is 18.5 Å². The number of aliphatic hydroxyl groups excluding tert-OH is 5. The van der Waals surface area contributed by atoms with Gasteiger partial charge >= 0.3 is 27.2 Å². The first-order valence-electron chi connectivity index (χ1n) is 17.3. The van der Waals surface area contributed by atoms with Crippen molar-refractivity contribution in [2.45, 2.75) is 70.5 Å². The van der Waals surface area contributed by atoms with Gasteiger partial charge in [-0.2, -0.15) is 9.30 Å². The minimum atomic E-state index is -5.59. The number of carbonyl (C=O) groups is 1. The molecule has 6 rings (SSSR count). The molecule has 0 aliphatic carbocycles. The molecule has 4 aliphatic heterocycles. The number of carbonyl (C=O) groups excluding carboxylic acids is 1. The molecule has 0 bridgehead atoms. The van der Waals surface area contributed by atoms with E-state index in [-0.39, 0.29) is 40.3 Å². The number of nitrogens with one attached hydrogen (secondary N) is 3. The summed E-state index contributed by atoms with van der Waals surface area (Å²) in [5.74, 6) is -1.49. The highest BCUT2D eigenvalue weighted by Gasteiger charge is 2.51. The number of rotatable bonds is 14. The summed E-state index contributed by atoms with van der Waals surface area (Å²) in [4.78, 5) is 77.9. The number of β-amino-alcohol motifs (C(OH)–C–C–N with tert-alkyl or cyclic N) is 1. The first-order chi connectivity index (χ1) is 27.1. The SMILES string of the molecule is Cc1cc2c(cc1C)N(C(=O)C(C)C)c1c([nH]c(=O)[nH]c1=O)N2CC(O)C(O)C(O)COP(=O)(O)OP(=O)(O)OCC1OC([N+]2=CN=C3C(=N)N=CN=C32)C(O)C1O. The van der Waals surface area contributed by atoms with E-state index >= 15 is 0 Å². The van der Waals surface area contributed by atoms with E-state index in [0.717, 1.165) is 23.1 Å². The zero-order valence-corrected chi connectivity index (χ0v) is 32.7. The maximum atomic E-state index is 13.4. The van der Waals surface area contributed by atoms with E-state index in [1.165, 1.54) is 9.48 Å². The molecule has 0 spiro atoms. The lowest BCUT2D eigenvalue weighted by Crippen LogP contribution is -2.48. The van der Waals surface area contributed by atoms with Crippen LogP contribution in [-0.2, 0) is 32.0 Å². The number of aromatic amines is 2. The number of nitrogens with zero attached hydrogens (tertiary/aromatic N) is 6.